The molecular formula is C16H19ClN2OS. The van der Waals surface area contributed by atoms with Gasteiger partial charge in [0.05, 0.1) is 6.04 Å². The zero-order chi connectivity index (χ0) is 14.7. The molecule has 0 radical (unpaired) electrons. The van der Waals surface area contributed by atoms with Gasteiger partial charge in [-0.3, -0.25) is 4.79 Å². The van der Waals surface area contributed by atoms with E-state index in [1.807, 2.05) is 35.7 Å². The normalized spacial score (nSPS) is 28.0. The van der Waals surface area contributed by atoms with Crippen molar-refractivity contribution in [2.24, 2.45) is 5.92 Å². The summed E-state index contributed by atoms with van der Waals surface area (Å²) in [6.07, 6.45) is 3.88. The van der Waals surface area contributed by atoms with Crippen molar-refractivity contribution < 1.29 is 4.79 Å². The van der Waals surface area contributed by atoms with Crippen LogP contribution in [0.1, 0.15) is 12.8 Å². The molecule has 1 atom stereocenters. The fourth-order valence-electron chi connectivity index (χ4n) is 3.10. The van der Waals surface area contributed by atoms with Crippen LogP contribution in [0.5, 0.6) is 0 Å². The Morgan fingerprint density at radius 2 is 2.00 bits per heavy atom. The summed E-state index contributed by atoms with van der Waals surface area (Å²) in [5.74, 6) is 0.450. The molecule has 3 aliphatic rings. The molecule has 1 aromatic carbocycles. The molecule has 0 spiro atoms. The average molecular weight is 323 g/mol. The fraction of sp³-hybridized carbons (Fsp3) is 0.438. The minimum atomic E-state index is -0.112. The maximum absolute atomic E-state index is 12.2. The molecule has 0 aromatic heterocycles. The summed E-state index contributed by atoms with van der Waals surface area (Å²) in [6, 6.07) is 10.1. The summed E-state index contributed by atoms with van der Waals surface area (Å²) in [6.45, 7) is 3.22. The first-order chi connectivity index (χ1) is 10.2. The number of fused-ring (bicyclic) bond motifs is 3. The van der Waals surface area contributed by atoms with Crippen LogP contribution in [0.3, 0.4) is 0 Å². The van der Waals surface area contributed by atoms with Gasteiger partial charge in [0, 0.05) is 29.3 Å². The molecule has 0 N–H and O–H groups in total. The van der Waals surface area contributed by atoms with Crippen LogP contribution < -0.4 is 0 Å². The second kappa shape index (κ2) is 6.86. The maximum Gasteiger partial charge on any atom is 0.261 e. The highest BCUT2D eigenvalue weighted by Crippen LogP contribution is 2.32. The van der Waals surface area contributed by atoms with Gasteiger partial charge in [-0.1, -0.05) is 30.0 Å². The second-order valence-electron chi connectivity index (χ2n) is 5.59. The van der Waals surface area contributed by atoms with Crippen molar-refractivity contribution >= 4 is 29.4 Å². The first-order valence-corrected chi connectivity index (χ1v) is 8.55. The molecule has 1 unspecified atom stereocenters. The molecule has 112 valence electrons. The Labute approximate surface area is 135 Å². The van der Waals surface area contributed by atoms with E-state index in [4.69, 9.17) is 11.8 Å². The number of hydrogen-bond acceptors (Lipinski definition) is 3. The van der Waals surface area contributed by atoms with Gasteiger partial charge >= 0.3 is 0 Å². The highest BCUT2D eigenvalue weighted by atomic mass is 35.5. The third kappa shape index (κ3) is 3.62. The SMILES string of the molecule is O=C(/C=C\Sc1ccccc1)N(Cl)C1CN2CCC1CC2. The smallest absolute Gasteiger partial charge is 0.261 e. The van der Waals surface area contributed by atoms with Gasteiger partial charge in [-0.25, -0.2) is 4.42 Å². The van der Waals surface area contributed by atoms with Crippen LogP contribution in [0.15, 0.2) is 46.7 Å². The van der Waals surface area contributed by atoms with Gasteiger partial charge in [-0.2, -0.15) is 0 Å². The lowest BCUT2D eigenvalue weighted by Crippen LogP contribution is -2.56. The molecule has 0 aliphatic carbocycles. The number of amides is 1. The number of benzene rings is 1. The van der Waals surface area contributed by atoms with Gasteiger partial charge in [-0.05, 0) is 49.4 Å². The van der Waals surface area contributed by atoms with Gasteiger partial charge in [-0.15, -0.1) is 0 Å². The Kier molecular flexibility index (Phi) is 4.88. The number of hydrogen-bond donors (Lipinski definition) is 0. The van der Waals surface area contributed by atoms with Crippen molar-refractivity contribution in [2.45, 2.75) is 23.8 Å². The van der Waals surface area contributed by atoms with Crippen molar-refractivity contribution in [3.63, 3.8) is 0 Å². The van der Waals surface area contributed by atoms with Crippen molar-refractivity contribution in [3.05, 3.63) is 41.8 Å². The largest absolute Gasteiger partial charge is 0.301 e. The highest BCUT2D eigenvalue weighted by molar-refractivity contribution is 8.02. The molecule has 1 amide bonds. The monoisotopic (exact) mass is 322 g/mol. The third-order valence-electron chi connectivity index (χ3n) is 4.28. The third-order valence-corrected chi connectivity index (χ3v) is 5.52. The number of piperidine rings is 3. The van der Waals surface area contributed by atoms with Crippen molar-refractivity contribution in [2.75, 3.05) is 19.6 Å². The molecule has 3 fully saturated rings. The van der Waals surface area contributed by atoms with Crippen LogP contribution >= 0.6 is 23.5 Å². The molecule has 3 aliphatic heterocycles. The topological polar surface area (TPSA) is 23.6 Å². The predicted octanol–water partition coefficient (Wildman–Crippen LogP) is 3.37. The van der Waals surface area contributed by atoms with Gasteiger partial charge in [0.15, 0.2) is 0 Å². The van der Waals surface area contributed by atoms with E-state index in [0.29, 0.717) is 5.92 Å². The van der Waals surface area contributed by atoms with E-state index in [1.54, 1.807) is 6.08 Å². The van der Waals surface area contributed by atoms with Crippen LogP contribution in [0.2, 0.25) is 0 Å². The predicted molar refractivity (Wildman–Crippen MR) is 87.1 cm³/mol. The van der Waals surface area contributed by atoms with Crippen LogP contribution in [0.4, 0.5) is 0 Å². The van der Waals surface area contributed by atoms with Crippen LogP contribution in [0.25, 0.3) is 0 Å². The molecule has 3 nitrogen and oxygen atoms in total. The number of thioether (sulfide) groups is 1. The zero-order valence-corrected chi connectivity index (χ0v) is 13.4. The van der Waals surface area contributed by atoms with E-state index < -0.39 is 0 Å². The number of carbonyl (C=O) groups excluding carboxylic acids is 1. The standard InChI is InChI=1S/C16H19ClN2OS/c17-19(15-12-18-9-6-13(15)7-10-18)16(20)8-11-21-14-4-2-1-3-5-14/h1-5,8,11,13,15H,6-7,9-10,12H2/b11-8-. The molecule has 4 rings (SSSR count). The number of nitrogens with zero attached hydrogens (tertiary/aromatic N) is 2. The summed E-state index contributed by atoms with van der Waals surface area (Å²) in [4.78, 5) is 15.7. The molecule has 21 heavy (non-hydrogen) atoms. The molecule has 3 heterocycles. The summed E-state index contributed by atoms with van der Waals surface area (Å²) in [5.41, 5.74) is 0. The average Bonchev–Trinajstić information content (AvgIpc) is 2.56. The minimum absolute atomic E-state index is 0.112. The lowest BCUT2D eigenvalue weighted by molar-refractivity contribution is -0.125. The van der Waals surface area contributed by atoms with Crippen molar-refractivity contribution in [3.8, 4) is 0 Å². The maximum atomic E-state index is 12.2. The lowest BCUT2D eigenvalue weighted by Gasteiger charge is -2.46. The van der Waals surface area contributed by atoms with Crippen LogP contribution in [-0.2, 0) is 4.79 Å². The van der Waals surface area contributed by atoms with E-state index in [2.05, 4.69) is 4.90 Å². The van der Waals surface area contributed by atoms with Gasteiger partial charge in [0.1, 0.15) is 0 Å². The molecular weight excluding hydrogens is 304 g/mol. The highest BCUT2D eigenvalue weighted by Gasteiger charge is 2.38. The van der Waals surface area contributed by atoms with Gasteiger partial charge in [0.25, 0.3) is 5.91 Å². The summed E-state index contributed by atoms with van der Waals surface area (Å²) < 4.78 is 1.41. The number of carbonyl (C=O) groups is 1. The Bertz CT molecular complexity index is 514. The number of rotatable bonds is 4. The fourth-order valence-corrected chi connectivity index (χ4v) is 4.03. The van der Waals surface area contributed by atoms with Crippen molar-refractivity contribution in [1.29, 1.82) is 0 Å². The lowest BCUT2D eigenvalue weighted by atomic mass is 9.84. The minimum Gasteiger partial charge on any atom is -0.301 e. The van der Waals surface area contributed by atoms with E-state index in [-0.39, 0.29) is 11.9 Å². The Morgan fingerprint density at radius 3 is 2.62 bits per heavy atom. The zero-order valence-electron chi connectivity index (χ0n) is 11.8. The molecule has 0 saturated carbocycles. The summed E-state index contributed by atoms with van der Waals surface area (Å²) in [5, 5.41) is 1.81. The van der Waals surface area contributed by atoms with Gasteiger partial charge in [0.2, 0.25) is 0 Å². The number of halogens is 1. The quantitative estimate of drug-likeness (QED) is 0.482. The molecule has 3 saturated heterocycles. The molecule has 5 heteroatoms. The van der Waals surface area contributed by atoms with E-state index >= 15 is 0 Å². The Morgan fingerprint density at radius 1 is 1.29 bits per heavy atom. The Hall–Kier alpha value is -0.970. The molecule has 1 aromatic rings. The van der Waals surface area contributed by atoms with Crippen LogP contribution in [0, 0.1) is 5.92 Å². The van der Waals surface area contributed by atoms with Crippen molar-refractivity contribution in [1.82, 2.24) is 9.32 Å². The first-order valence-electron chi connectivity index (χ1n) is 7.33. The summed E-state index contributed by atoms with van der Waals surface area (Å²) >= 11 is 7.81. The first kappa shape index (κ1) is 14.9. The molecule has 2 bridgehead atoms. The van der Waals surface area contributed by atoms with E-state index in [1.165, 1.54) is 16.2 Å². The Balaban J connectivity index is 1.55. The van der Waals surface area contributed by atoms with Gasteiger partial charge < -0.3 is 4.90 Å². The van der Waals surface area contributed by atoms with E-state index in [9.17, 15) is 4.79 Å². The second-order valence-corrected chi connectivity index (χ2v) is 6.93. The summed E-state index contributed by atoms with van der Waals surface area (Å²) in [7, 11) is 0. The van der Waals surface area contributed by atoms with E-state index in [0.717, 1.165) is 37.4 Å². The van der Waals surface area contributed by atoms with Crippen LogP contribution in [-0.4, -0.2) is 40.9 Å².